The predicted octanol–water partition coefficient (Wildman–Crippen LogP) is 1.80. The molecule has 0 saturated heterocycles. The first-order chi connectivity index (χ1) is 13.8. The van der Waals surface area contributed by atoms with Gasteiger partial charge in [0.25, 0.3) is 5.56 Å². The lowest BCUT2D eigenvalue weighted by Crippen LogP contribution is -2.37. The van der Waals surface area contributed by atoms with Gasteiger partial charge in [0.05, 0.1) is 17.3 Å². The first-order valence-corrected chi connectivity index (χ1v) is 9.29. The molecule has 0 bridgehead atoms. The van der Waals surface area contributed by atoms with Crippen LogP contribution in [0.2, 0.25) is 0 Å². The monoisotopic (exact) mass is 394 g/mol. The maximum atomic E-state index is 12.3. The Labute approximate surface area is 166 Å². The van der Waals surface area contributed by atoms with E-state index < -0.39 is 11.2 Å². The minimum atomic E-state index is -0.489. The third kappa shape index (κ3) is 4.16. The summed E-state index contributed by atoms with van der Waals surface area (Å²) in [4.78, 5) is 52.9. The number of Topliss-reactive ketones (excluding diaryl/α,β-unsaturated/α-hetero) is 1. The molecule has 3 rings (SSSR count). The number of amides is 1. The number of carbonyl (C=O) groups excluding carboxylic acids is 2. The van der Waals surface area contributed by atoms with Gasteiger partial charge in [-0.3, -0.25) is 23.5 Å². The van der Waals surface area contributed by atoms with Crippen molar-refractivity contribution in [2.75, 3.05) is 5.32 Å². The van der Waals surface area contributed by atoms with Crippen LogP contribution in [-0.2, 0) is 25.3 Å². The summed E-state index contributed by atoms with van der Waals surface area (Å²) in [6, 6.07) is 8.83. The highest BCUT2D eigenvalue weighted by molar-refractivity contribution is 6.00. The van der Waals surface area contributed by atoms with Gasteiger partial charge in [0.2, 0.25) is 5.91 Å². The van der Waals surface area contributed by atoms with Crippen LogP contribution < -0.4 is 16.6 Å². The third-order valence-electron chi connectivity index (χ3n) is 4.84. The van der Waals surface area contributed by atoms with Gasteiger partial charge in [-0.1, -0.05) is 31.2 Å². The van der Waals surface area contributed by atoms with Crippen LogP contribution in [0.25, 0.3) is 11.0 Å². The van der Waals surface area contributed by atoms with Crippen molar-refractivity contribution in [3.05, 3.63) is 68.5 Å². The van der Waals surface area contributed by atoms with E-state index in [1.807, 2.05) is 19.1 Å². The summed E-state index contributed by atoms with van der Waals surface area (Å²) in [6.45, 7) is 2.04. The van der Waals surface area contributed by atoms with E-state index in [1.54, 1.807) is 12.1 Å². The molecule has 0 atom stereocenters. The number of hydrogen-bond donors (Lipinski definition) is 1. The van der Waals surface area contributed by atoms with Gasteiger partial charge in [-0.05, 0) is 18.1 Å². The standard InChI is InChI=1S/C21H22N4O4/c1-4-13-5-7-14(8-6-13)17(26)9-10-18(27)23-15-11-16-19(22-12-15)24(2)21(29)25(3)20(16)28/h5-8,11-12H,4,9-10H2,1-3H3,(H,23,27). The van der Waals surface area contributed by atoms with Gasteiger partial charge in [0.15, 0.2) is 5.78 Å². The number of pyridine rings is 1. The molecule has 8 nitrogen and oxygen atoms in total. The second kappa shape index (κ2) is 8.22. The summed E-state index contributed by atoms with van der Waals surface area (Å²) < 4.78 is 2.25. The Kier molecular flexibility index (Phi) is 5.72. The first kappa shape index (κ1) is 20.2. The molecular weight excluding hydrogens is 372 g/mol. The summed E-state index contributed by atoms with van der Waals surface area (Å²) in [5.41, 5.74) is 1.33. The molecule has 0 aliphatic heterocycles. The summed E-state index contributed by atoms with van der Waals surface area (Å²) in [6.07, 6.45) is 2.37. The smallest absolute Gasteiger partial charge is 0.325 e. The van der Waals surface area contributed by atoms with E-state index in [4.69, 9.17) is 0 Å². The number of hydrogen-bond acceptors (Lipinski definition) is 5. The molecule has 1 aromatic carbocycles. The molecule has 0 unspecified atom stereocenters. The molecule has 0 aliphatic carbocycles. The molecule has 8 heteroatoms. The van der Waals surface area contributed by atoms with Crippen molar-refractivity contribution >= 4 is 28.4 Å². The number of fused-ring (bicyclic) bond motifs is 1. The summed E-state index contributed by atoms with van der Waals surface area (Å²) in [5, 5.41) is 2.87. The number of nitrogens with one attached hydrogen (secondary N) is 1. The molecule has 150 valence electrons. The van der Waals surface area contributed by atoms with Gasteiger partial charge >= 0.3 is 5.69 Å². The topological polar surface area (TPSA) is 103 Å². The predicted molar refractivity (Wildman–Crippen MR) is 110 cm³/mol. The second-order valence-electron chi connectivity index (χ2n) is 6.82. The number of rotatable bonds is 6. The molecule has 1 amide bonds. The lowest BCUT2D eigenvalue weighted by Gasteiger charge is -2.09. The zero-order valence-corrected chi connectivity index (χ0v) is 16.6. The maximum Gasteiger partial charge on any atom is 0.332 e. The third-order valence-corrected chi connectivity index (χ3v) is 4.84. The quantitative estimate of drug-likeness (QED) is 0.642. The zero-order valence-electron chi connectivity index (χ0n) is 16.6. The van der Waals surface area contributed by atoms with Crippen LogP contribution in [0.1, 0.15) is 35.7 Å². The van der Waals surface area contributed by atoms with E-state index in [9.17, 15) is 19.2 Å². The van der Waals surface area contributed by atoms with E-state index in [-0.39, 0.29) is 35.6 Å². The Hall–Kier alpha value is -3.55. The van der Waals surface area contributed by atoms with Crippen molar-refractivity contribution in [3.8, 4) is 0 Å². The van der Waals surface area contributed by atoms with Gasteiger partial charge in [0, 0.05) is 32.5 Å². The van der Waals surface area contributed by atoms with Crippen LogP contribution in [0.4, 0.5) is 5.69 Å². The Morgan fingerprint density at radius 3 is 2.38 bits per heavy atom. The van der Waals surface area contributed by atoms with Crippen molar-refractivity contribution in [2.45, 2.75) is 26.2 Å². The van der Waals surface area contributed by atoms with Gasteiger partial charge in [-0.25, -0.2) is 9.78 Å². The summed E-state index contributed by atoms with van der Waals surface area (Å²) >= 11 is 0. The second-order valence-corrected chi connectivity index (χ2v) is 6.82. The first-order valence-electron chi connectivity index (χ1n) is 9.29. The SMILES string of the molecule is CCc1ccc(C(=O)CCC(=O)Nc2cnc3c(c2)c(=O)n(C)c(=O)n3C)cc1. The van der Waals surface area contributed by atoms with Gasteiger partial charge in [-0.2, -0.15) is 0 Å². The molecule has 0 spiro atoms. The van der Waals surface area contributed by atoms with Crippen molar-refractivity contribution in [3.63, 3.8) is 0 Å². The van der Waals surface area contributed by atoms with E-state index in [0.717, 1.165) is 16.6 Å². The summed E-state index contributed by atoms with van der Waals surface area (Å²) in [7, 11) is 2.90. The molecule has 0 radical (unpaired) electrons. The van der Waals surface area contributed by atoms with Crippen LogP contribution in [0.3, 0.4) is 0 Å². The normalized spacial score (nSPS) is 10.9. The fraction of sp³-hybridized carbons (Fsp3) is 0.286. The van der Waals surface area contributed by atoms with Crippen LogP contribution in [-0.4, -0.2) is 25.8 Å². The molecular formula is C21H22N4O4. The van der Waals surface area contributed by atoms with Crippen molar-refractivity contribution in [1.29, 1.82) is 0 Å². The van der Waals surface area contributed by atoms with Crippen LogP contribution >= 0.6 is 0 Å². The number of benzene rings is 1. The molecule has 2 heterocycles. The van der Waals surface area contributed by atoms with E-state index in [1.165, 1.54) is 30.9 Å². The minimum absolute atomic E-state index is 0.0116. The highest BCUT2D eigenvalue weighted by atomic mass is 16.2. The Morgan fingerprint density at radius 1 is 1.03 bits per heavy atom. The van der Waals surface area contributed by atoms with Crippen LogP contribution in [0.5, 0.6) is 0 Å². The lowest BCUT2D eigenvalue weighted by molar-refractivity contribution is -0.116. The molecule has 1 N–H and O–H groups in total. The summed E-state index contributed by atoms with van der Waals surface area (Å²) in [5.74, 6) is -0.463. The lowest BCUT2D eigenvalue weighted by atomic mass is 10.0. The number of ketones is 1. The highest BCUT2D eigenvalue weighted by Gasteiger charge is 2.13. The Morgan fingerprint density at radius 2 is 1.72 bits per heavy atom. The van der Waals surface area contributed by atoms with Gasteiger partial charge in [0.1, 0.15) is 5.65 Å². The van der Waals surface area contributed by atoms with Gasteiger partial charge < -0.3 is 5.32 Å². The number of anilines is 1. The van der Waals surface area contributed by atoms with Gasteiger partial charge in [-0.15, -0.1) is 0 Å². The minimum Gasteiger partial charge on any atom is -0.325 e. The van der Waals surface area contributed by atoms with Crippen molar-refractivity contribution in [2.24, 2.45) is 14.1 Å². The molecule has 2 aromatic heterocycles. The van der Waals surface area contributed by atoms with Crippen molar-refractivity contribution < 1.29 is 9.59 Å². The van der Waals surface area contributed by atoms with E-state index in [0.29, 0.717) is 11.3 Å². The fourth-order valence-electron chi connectivity index (χ4n) is 3.05. The largest absolute Gasteiger partial charge is 0.332 e. The van der Waals surface area contributed by atoms with E-state index >= 15 is 0 Å². The van der Waals surface area contributed by atoms with Crippen LogP contribution in [0.15, 0.2) is 46.1 Å². The van der Waals surface area contributed by atoms with Crippen LogP contribution in [0, 0.1) is 0 Å². The highest BCUT2D eigenvalue weighted by Crippen LogP contribution is 2.13. The Balaban J connectivity index is 1.70. The molecule has 0 aliphatic rings. The number of aryl methyl sites for hydroxylation is 2. The molecule has 0 fully saturated rings. The number of nitrogens with zero attached hydrogens (tertiary/aromatic N) is 3. The zero-order chi connectivity index (χ0) is 21.1. The number of carbonyl (C=O) groups is 2. The average molecular weight is 394 g/mol. The molecule has 3 aromatic rings. The van der Waals surface area contributed by atoms with E-state index in [2.05, 4.69) is 10.3 Å². The fourth-order valence-corrected chi connectivity index (χ4v) is 3.05. The van der Waals surface area contributed by atoms with Crippen molar-refractivity contribution in [1.82, 2.24) is 14.1 Å². The average Bonchev–Trinajstić information content (AvgIpc) is 2.74. The molecule has 0 saturated carbocycles. The number of aromatic nitrogens is 3. The Bertz CT molecular complexity index is 1210. The molecule has 29 heavy (non-hydrogen) atoms. The maximum absolute atomic E-state index is 12.3.